The molecule has 0 bridgehead atoms. The molecule has 1 rings (SSSR count). The van der Waals surface area contributed by atoms with E-state index in [1.54, 1.807) is 21.3 Å². The monoisotopic (exact) mass is 451 g/mol. The predicted octanol–water partition coefficient (Wildman–Crippen LogP) is 4.66. The molecule has 0 spiro atoms. The first kappa shape index (κ1) is 27.6. The lowest BCUT2D eigenvalue weighted by Crippen LogP contribution is -2.27. The van der Waals surface area contributed by atoms with Crippen molar-refractivity contribution < 1.29 is 28.8 Å². The van der Waals surface area contributed by atoms with Crippen LogP contribution in [0.25, 0.3) is 6.08 Å². The average molecular weight is 452 g/mol. The summed E-state index contributed by atoms with van der Waals surface area (Å²) in [6.07, 6.45) is 10.6. The fourth-order valence-corrected chi connectivity index (χ4v) is 3.77. The van der Waals surface area contributed by atoms with Gasteiger partial charge in [-0.05, 0) is 25.8 Å². The van der Waals surface area contributed by atoms with Crippen LogP contribution in [0.2, 0.25) is 0 Å². The first-order valence-electron chi connectivity index (χ1n) is 11.5. The standard InChI is InChI=1S/C25H41NO6/c1-7-8-9-10-11-12-13-14-19(25(28)26-15-16-27)17-20-18(2)21(29-3)23(31-5)24(32-6)22(20)30-4/h17,27H,7-16H2,1-6H3,(H,26,28). The smallest absolute Gasteiger partial charge is 0.247 e. The van der Waals surface area contributed by atoms with Crippen molar-refractivity contribution in [2.75, 3.05) is 41.6 Å². The highest BCUT2D eigenvalue weighted by Crippen LogP contribution is 2.50. The van der Waals surface area contributed by atoms with Gasteiger partial charge in [0.05, 0.1) is 35.0 Å². The van der Waals surface area contributed by atoms with Gasteiger partial charge in [0.25, 0.3) is 0 Å². The molecule has 7 nitrogen and oxygen atoms in total. The first-order valence-corrected chi connectivity index (χ1v) is 11.5. The molecule has 2 N–H and O–H groups in total. The summed E-state index contributed by atoms with van der Waals surface area (Å²) in [5.41, 5.74) is 2.12. The minimum atomic E-state index is -0.194. The highest BCUT2D eigenvalue weighted by Gasteiger charge is 2.25. The van der Waals surface area contributed by atoms with Crippen molar-refractivity contribution in [3.05, 3.63) is 16.7 Å². The van der Waals surface area contributed by atoms with Gasteiger partial charge in [0.15, 0.2) is 11.5 Å². The van der Waals surface area contributed by atoms with Gasteiger partial charge in [-0.3, -0.25) is 4.79 Å². The molecule has 0 saturated carbocycles. The van der Waals surface area contributed by atoms with Crippen LogP contribution >= 0.6 is 0 Å². The maximum atomic E-state index is 12.8. The van der Waals surface area contributed by atoms with Gasteiger partial charge in [0.2, 0.25) is 17.4 Å². The average Bonchev–Trinajstić information content (AvgIpc) is 2.81. The Morgan fingerprint density at radius 3 is 1.91 bits per heavy atom. The molecule has 0 atom stereocenters. The Morgan fingerprint density at radius 1 is 0.844 bits per heavy atom. The molecule has 182 valence electrons. The number of unbranched alkanes of at least 4 members (excludes halogenated alkanes) is 6. The second kappa shape index (κ2) is 15.4. The molecule has 0 aliphatic carbocycles. The fourth-order valence-electron chi connectivity index (χ4n) is 3.77. The summed E-state index contributed by atoms with van der Waals surface area (Å²) in [6, 6.07) is 0. The molecule has 0 heterocycles. The third-order valence-corrected chi connectivity index (χ3v) is 5.48. The van der Waals surface area contributed by atoms with Gasteiger partial charge in [-0.1, -0.05) is 45.4 Å². The summed E-state index contributed by atoms with van der Waals surface area (Å²) in [4.78, 5) is 12.8. The van der Waals surface area contributed by atoms with E-state index in [0.717, 1.165) is 24.8 Å². The van der Waals surface area contributed by atoms with Crippen molar-refractivity contribution in [1.82, 2.24) is 5.32 Å². The van der Waals surface area contributed by atoms with Crippen molar-refractivity contribution in [3.8, 4) is 23.0 Å². The van der Waals surface area contributed by atoms with E-state index in [4.69, 9.17) is 24.1 Å². The van der Waals surface area contributed by atoms with Crippen LogP contribution in [-0.4, -0.2) is 52.6 Å². The van der Waals surface area contributed by atoms with Crippen LogP contribution < -0.4 is 24.3 Å². The van der Waals surface area contributed by atoms with Crippen molar-refractivity contribution in [1.29, 1.82) is 0 Å². The van der Waals surface area contributed by atoms with E-state index in [2.05, 4.69) is 12.2 Å². The molecule has 0 unspecified atom stereocenters. The third-order valence-electron chi connectivity index (χ3n) is 5.48. The second-order valence-electron chi connectivity index (χ2n) is 7.69. The highest BCUT2D eigenvalue weighted by atomic mass is 16.5. The lowest BCUT2D eigenvalue weighted by atomic mass is 9.98. The molecule has 0 saturated heterocycles. The molecule has 7 heteroatoms. The largest absolute Gasteiger partial charge is 0.492 e. The molecular weight excluding hydrogens is 410 g/mol. The van der Waals surface area contributed by atoms with E-state index >= 15 is 0 Å². The Kier molecular flexibility index (Phi) is 13.3. The Labute approximate surface area is 193 Å². The van der Waals surface area contributed by atoms with E-state index in [1.165, 1.54) is 32.8 Å². The van der Waals surface area contributed by atoms with E-state index in [9.17, 15) is 4.79 Å². The predicted molar refractivity (Wildman–Crippen MR) is 128 cm³/mol. The number of nitrogens with one attached hydrogen (secondary N) is 1. The summed E-state index contributed by atoms with van der Waals surface area (Å²) in [7, 11) is 6.21. The topological polar surface area (TPSA) is 86.2 Å². The molecule has 0 aliphatic heterocycles. The number of benzene rings is 1. The molecule has 0 radical (unpaired) electrons. The van der Waals surface area contributed by atoms with Gasteiger partial charge in [0.1, 0.15) is 0 Å². The highest BCUT2D eigenvalue weighted by molar-refractivity contribution is 5.98. The molecule has 0 aromatic heterocycles. The van der Waals surface area contributed by atoms with E-state index in [-0.39, 0.29) is 19.1 Å². The molecule has 1 aromatic carbocycles. The molecule has 0 fully saturated rings. The van der Waals surface area contributed by atoms with Gasteiger partial charge in [-0.15, -0.1) is 0 Å². The SMILES string of the molecule is CCCCCCCCCC(=Cc1c(C)c(OC)c(OC)c(OC)c1OC)C(=O)NCCO. The number of ether oxygens (including phenoxy) is 4. The van der Waals surface area contributed by atoms with E-state index in [0.29, 0.717) is 40.6 Å². The maximum absolute atomic E-state index is 12.8. The van der Waals surface area contributed by atoms with Crippen LogP contribution in [0.3, 0.4) is 0 Å². The van der Waals surface area contributed by atoms with Crippen molar-refractivity contribution >= 4 is 12.0 Å². The lowest BCUT2D eigenvalue weighted by molar-refractivity contribution is -0.117. The zero-order valence-corrected chi connectivity index (χ0v) is 20.6. The normalized spacial score (nSPS) is 11.3. The van der Waals surface area contributed by atoms with E-state index in [1.807, 2.05) is 13.0 Å². The summed E-state index contributed by atoms with van der Waals surface area (Å²) in [5, 5.41) is 11.9. The number of aliphatic hydroxyl groups is 1. The number of amides is 1. The Morgan fingerprint density at radius 2 is 1.38 bits per heavy atom. The zero-order chi connectivity index (χ0) is 23.9. The van der Waals surface area contributed by atoms with Crippen LogP contribution in [0.5, 0.6) is 23.0 Å². The zero-order valence-electron chi connectivity index (χ0n) is 20.6. The van der Waals surface area contributed by atoms with E-state index < -0.39 is 0 Å². The van der Waals surface area contributed by atoms with Crippen LogP contribution in [0.4, 0.5) is 0 Å². The number of rotatable bonds is 16. The first-order chi connectivity index (χ1) is 15.5. The molecule has 32 heavy (non-hydrogen) atoms. The number of methoxy groups -OCH3 is 4. The molecule has 1 aromatic rings. The quantitative estimate of drug-likeness (QED) is 0.281. The summed E-state index contributed by atoms with van der Waals surface area (Å²) >= 11 is 0. The van der Waals surface area contributed by atoms with Crippen LogP contribution in [-0.2, 0) is 4.79 Å². The summed E-state index contributed by atoms with van der Waals surface area (Å²) < 4.78 is 22.3. The van der Waals surface area contributed by atoms with Gasteiger partial charge in [-0.2, -0.15) is 0 Å². The Bertz CT molecular complexity index is 745. The van der Waals surface area contributed by atoms with Gasteiger partial charge >= 0.3 is 0 Å². The van der Waals surface area contributed by atoms with Crippen molar-refractivity contribution in [3.63, 3.8) is 0 Å². The van der Waals surface area contributed by atoms with Gasteiger partial charge in [0, 0.05) is 23.2 Å². The fraction of sp³-hybridized carbons (Fsp3) is 0.640. The summed E-state index contributed by atoms with van der Waals surface area (Å²) in [5.74, 6) is 1.67. The third kappa shape index (κ3) is 7.62. The number of carbonyl (C=O) groups is 1. The van der Waals surface area contributed by atoms with Crippen molar-refractivity contribution in [2.45, 2.75) is 65.2 Å². The Hall–Kier alpha value is -2.41. The number of hydrogen-bond acceptors (Lipinski definition) is 6. The lowest BCUT2D eigenvalue weighted by Gasteiger charge is -2.21. The van der Waals surface area contributed by atoms with Gasteiger partial charge < -0.3 is 29.4 Å². The number of aliphatic hydroxyl groups excluding tert-OH is 1. The van der Waals surface area contributed by atoms with Gasteiger partial charge in [-0.25, -0.2) is 0 Å². The molecule has 0 aliphatic rings. The maximum Gasteiger partial charge on any atom is 0.247 e. The number of carbonyl (C=O) groups excluding carboxylic acids is 1. The minimum Gasteiger partial charge on any atom is -0.492 e. The van der Waals surface area contributed by atoms with Crippen molar-refractivity contribution in [2.24, 2.45) is 0 Å². The summed E-state index contributed by atoms with van der Waals surface area (Å²) in [6.45, 7) is 4.20. The molecular formula is C25H41NO6. The number of hydrogen-bond donors (Lipinski definition) is 2. The van der Waals surface area contributed by atoms with Crippen LogP contribution in [0.1, 0.15) is 69.4 Å². The molecule has 1 amide bonds. The minimum absolute atomic E-state index is 0.108. The van der Waals surface area contributed by atoms with Crippen LogP contribution in [0, 0.1) is 6.92 Å². The van der Waals surface area contributed by atoms with Crippen LogP contribution in [0.15, 0.2) is 5.57 Å². The second-order valence-corrected chi connectivity index (χ2v) is 7.69. The Balaban J connectivity index is 3.29.